The molecule has 1 aromatic rings. The van der Waals surface area contributed by atoms with Gasteiger partial charge in [0.15, 0.2) is 15.6 Å². The van der Waals surface area contributed by atoms with Crippen molar-refractivity contribution in [1.29, 1.82) is 0 Å². The van der Waals surface area contributed by atoms with Gasteiger partial charge in [-0.25, -0.2) is 8.42 Å². The van der Waals surface area contributed by atoms with Gasteiger partial charge in [-0.05, 0) is 26.0 Å². The lowest BCUT2D eigenvalue weighted by Gasteiger charge is -2.27. The van der Waals surface area contributed by atoms with Gasteiger partial charge in [-0.15, -0.1) is 0 Å². The highest BCUT2D eigenvalue weighted by Gasteiger charge is 2.53. The quantitative estimate of drug-likeness (QED) is 0.828. The monoisotopic (exact) mass is 327 g/mol. The third-order valence-electron chi connectivity index (χ3n) is 4.18. The van der Waals surface area contributed by atoms with Crippen LogP contribution in [0.2, 0.25) is 0 Å². The molecule has 6 nitrogen and oxygen atoms in total. The lowest BCUT2D eigenvalue weighted by molar-refractivity contribution is -0.153. The summed E-state index contributed by atoms with van der Waals surface area (Å²) < 4.78 is 37.2. The van der Waals surface area contributed by atoms with Crippen molar-refractivity contribution in [2.45, 2.75) is 48.0 Å². The van der Waals surface area contributed by atoms with Gasteiger partial charge in [0.2, 0.25) is 0 Å². The van der Waals surface area contributed by atoms with Crippen LogP contribution in [0, 0.1) is 0 Å². The van der Waals surface area contributed by atoms with Crippen LogP contribution in [0.25, 0.3) is 0 Å². The van der Waals surface area contributed by atoms with Crippen LogP contribution in [0.4, 0.5) is 0 Å². The fraction of sp³-hybridized carbons (Fsp3) is 0.600. The summed E-state index contributed by atoms with van der Waals surface area (Å²) in [6, 6.07) is 7.69. The van der Waals surface area contributed by atoms with Gasteiger partial charge < -0.3 is 19.9 Å². The third kappa shape index (κ3) is 2.68. The number of ether oxygens (including phenoxy) is 2. The molecule has 4 atom stereocenters. The Kier molecular flexibility index (Phi) is 4.03. The molecule has 1 aromatic carbocycles. The molecule has 2 aliphatic rings. The Hall–Kier alpha value is -0.990. The van der Waals surface area contributed by atoms with E-state index in [1.165, 1.54) is 0 Å². The number of sulfone groups is 1. The number of fused-ring (bicyclic) bond motifs is 1. The predicted molar refractivity (Wildman–Crippen MR) is 80.1 cm³/mol. The predicted octanol–water partition coefficient (Wildman–Crippen LogP) is 0.313. The summed E-state index contributed by atoms with van der Waals surface area (Å²) in [5.74, 6) is -0.730. The summed E-state index contributed by atoms with van der Waals surface area (Å²) in [5, 5.41) is 11.9. The molecule has 0 unspecified atom stereocenters. The third-order valence-corrected chi connectivity index (χ3v) is 6.35. The zero-order valence-corrected chi connectivity index (χ0v) is 13.4. The van der Waals surface area contributed by atoms with E-state index in [0.29, 0.717) is 6.54 Å². The molecule has 0 bridgehead atoms. The van der Waals surface area contributed by atoms with Crippen LogP contribution in [-0.2, 0) is 19.3 Å². The smallest absolute Gasteiger partial charge is 0.185 e. The molecule has 0 aromatic heterocycles. The highest BCUT2D eigenvalue weighted by molar-refractivity contribution is 7.92. The van der Waals surface area contributed by atoms with E-state index in [9.17, 15) is 13.5 Å². The molecule has 3 rings (SSSR count). The topological polar surface area (TPSA) is 84.9 Å². The molecule has 22 heavy (non-hydrogen) atoms. The lowest BCUT2D eigenvalue weighted by atomic mass is 10.1. The van der Waals surface area contributed by atoms with Crippen molar-refractivity contribution in [2.75, 3.05) is 13.2 Å². The minimum absolute atomic E-state index is 0.194. The second-order valence-electron chi connectivity index (χ2n) is 6.15. The van der Waals surface area contributed by atoms with Gasteiger partial charge in [0.05, 0.1) is 17.5 Å². The van der Waals surface area contributed by atoms with Crippen LogP contribution in [0.1, 0.15) is 13.8 Å². The van der Waals surface area contributed by atoms with E-state index in [1.807, 2.05) is 13.8 Å². The SMILES string of the molecule is CC1(C)O[C@H]2[C@H]([C@@H](CO)S(=O)(=O)c3ccccc3)NC[C@H]2O1. The van der Waals surface area contributed by atoms with Crippen molar-refractivity contribution >= 4 is 9.84 Å². The molecular formula is C15H21NO5S. The Balaban J connectivity index is 1.89. The molecule has 0 saturated carbocycles. The summed E-state index contributed by atoms with van der Waals surface area (Å²) in [6.45, 7) is 3.66. The highest BCUT2D eigenvalue weighted by atomic mass is 32.2. The summed E-state index contributed by atoms with van der Waals surface area (Å²) in [5.41, 5.74) is 0. The fourth-order valence-corrected chi connectivity index (χ4v) is 4.95. The minimum atomic E-state index is -3.66. The van der Waals surface area contributed by atoms with E-state index in [4.69, 9.17) is 9.47 Å². The van der Waals surface area contributed by atoms with Crippen molar-refractivity contribution in [1.82, 2.24) is 5.32 Å². The molecule has 2 heterocycles. The summed E-state index contributed by atoms with van der Waals surface area (Å²) in [6.07, 6.45) is -0.578. The Morgan fingerprint density at radius 3 is 2.64 bits per heavy atom. The van der Waals surface area contributed by atoms with E-state index in [2.05, 4.69) is 5.32 Å². The number of hydrogen-bond donors (Lipinski definition) is 2. The minimum Gasteiger partial charge on any atom is -0.395 e. The number of aliphatic hydroxyl groups is 1. The van der Waals surface area contributed by atoms with Gasteiger partial charge in [0.1, 0.15) is 17.5 Å². The summed E-state index contributed by atoms with van der Waals surface area (Å²) in [4.78, 5) is 0.206. The van der Waals surface area contributed by atoms with Crippen molar-refractivity contribution in [2.24, 2.45) is 0 Å². The molecule has 7 heteroatoms. The maximum absolute atomic E-state index is 12.8. The Morgan fingerprint density at radius 2 is 2.00 bits per heavy atom. The molecule has 0 spiro atoms. The normalized spacial score (nSPS) is 31.9. The number of aliphatic hydroxyl groups excluding tert-OH is 1. The van der Waals surface area contributed by atoms with E-state index in [-0.39, 0.29) is 17.1 Å². The number of nitrogens with one attached hydrogen (secondary N) is 1. The van der Waals surface area contributed by atoms with Crippen molar-refractivity contribution in [3.8, 4) is 0 Å². The fourth-order valence-electron chi connectivity index (χ4n) is 3.23. The second kappa shape index (κ2) is 5.58. The summed E-state index contributed by atoms with van der Waals surface area (Å²) in [7, 11) is -3.66. The zero-order valence-electron chi connectivity index (χ0n) is 12.6. The Morgan fingerprint density at radius 1 is 1.32 bits per heavy atom. The van der Waals surface area contributed by atoms with Gasteiger partial charge >= 0.3 is 0 Å². The summed E-state index contributed by atoms with van der Waals surface area (Å²) >= 11 is 0. The molecule has 2 N–H and O–H groups in total. The van der Waals surface area contributed by atoms with Gasteiger partial charge in [-0.1, -0.05) is 18.2 Å². The molecule has 0 radical (unpaired) electrons. The largest absolute Gasteiger partial charge is 0.395 e. The van der Waals surface area contributed by atoms with E-state index < -0.39 is 33.5 Å². The molecule has 0 amide bonds. The lowest BCUT2D eigenvalue weighted by Crippen LogP contribution is -2.49. The molecule has 2 saturated heterocycles. The molecule has 122 valence electrons. The Labute approximate surface area is 130 Å². The van der Waals surface area contributed by atoms with Gasteiger partial charge in [0.25, 0.3) is 0 Å². The van der Waals surface area contributed by atoms with Gasteiger partial charge in [-0.2, -0.15) is 0 Å². The Bertz CT molecular complexity index is 631. The van der Waals surface area contributed by atoms with Crippen molar-refractivity contribution in [3.63, 3.8) is 0 Å². The molecule has 0 aliphatic carbocycles. The van der Waals surface area contributed by atoms with E-state index >= 15 is 0 Å². The zero-order chi connectivity index (χ0) is 16.0. The van der Waals surface area contributed by atoms with Crippen LogP contribution in [0.15, 0.2) is 35.2 Å². The number of rotatable bonds is 4. The number of benzene rings is 1. The second-order valence-corrected chi connectivity index (χ2v) is 8.32. The van der Waals surface area contributed by atoms with Gasteiger partial charge in [-0.3, -0.25) is 0 Å². The average molecular weight is 327 g/mol. The standard InChI is InChI=1S/C15H21NO5S/c1-15(2)20-11-8-16-13(14(11)21-15)12(9-17)22(18,19)10-6-4-3-5-7-10/h3-7,11-14,16-17H,8-9H2,1-2H3/t11-,12-,13+,14-/m1/s1. The van der Waals surface area contributed by atoms with Crippen molar-refractivity contribution in [3.05, 3.63) is 30.3 Å². The first kappa shape index (κ1) is 15.9. The van der Waals surface area contributed by atoms with Crippen LogP contribution >= 0.6 is 0 Å². The first-order valence-electron chi connectivity index (χ1n) is 7.34. The molecular weight excluding hydrogens is 306 g/mol. The highest BCUT2D eigenvalue weighted by Crippen LogP contribution is 2.35. The van der Waals surface area contributed by atoms with Crippen LogP contribution in [0.3, 0.4) is 0 Å². The molecule has 2 fully saturated rings. The average Bonchev–Trinajstić information content (AvgIpc) is 2.97. The van der Waals surface area contributed by atoms with Crippen LogP contribution in [-0.4, -0.2) is 56.0 Å². The van der Waals surface area contributed by atoms with Gasteiger partial charge in [0, 0.05) is 6.54 Å². The van der Waals surface area contributed by atoms with E-state index in [1.54, 1.807) is 30.3 Å². The first-order chi connectivity index (χ1) is 10.3. The van der Waals surface area contributed by atoms with Crippen LogP contribution < -0.4 is 5.32 Å². The molecule has 2 aliphatic heterocycles. The van der Waals surface area contributed by atoms with Crippen LogP contribution in [0.5, 0.6) is 0 Å². The maximum Gasteiger partial charge on any atom is 0.185 e. The first-order valence-corrected chi connectivity index (χ1v) is 8.88. The van der Waals surface area contributed by atoms with E-state index in [0.717, 1.165) is 0 Å². The van der Waals surface area contributed by atoms with Crippen molar-refractivity contribution < 1.29 is 23.0 Å². The number of hydrogen-bond acceptors (Lipinski definition) is 6. The maximum atomic E-state index is 12.8.